The first-order chi connectivity index (χ1) is 14.9. The number of aromatic nitrogens is 3. The van der Waals surface area contributed by atoms with Gasteiger partial charge in [-0.3, -0.25) is 19.7 Å². The number of hydrogen-bond acceptors (Lipinski definition) is 9. The van der Waals surface area contributed by atoms with Crippen molar-refractivity contribution in [1.29, 1.82) is 0 Å². The molecule has 0 atom stereocenters. The molecule has 0 aromatic carbocycles. The maximum Gasteiger partial charge on any atom is 0.350 e. The number of carbonyl (C=O) groups is 3. The number of aromatic amines is 1. The lowest BCUT2D eigenvalue weighted by molar-refractivity contribution is -0.116. The molecule has 0 aliphatic heterocycles. The highest BCUT2D eigenvalue weighted by molar-refractivity contribution is 7.17. The van der Waals surface area contributed by atoms with E-state index in [4.69, 9.17) is 4.74 Å². The van der Waals surface area contributed by atoms with Crippen LogP contribution in [0.25, 0.3) is 0 Å². The van der Waals surface area contributed by atoms with Crippen LogP contribution in [0.1, 0.15) is 44.8 Å². The number of aryl methyl sites for hydroxylation is 2. The highest BCUT2D eigenvalue weighted by Crippen LogP contribution is 2.24. The summed E-state index contributed by atoms with van der Waals surface area (Å²) in [5.74, 6) is -1.13. The first kappa shape index (κ1) is 22.3. The van der Waals surface area contributed by atoms with Gasteiger partial charge in [-0.25, -0.2) is 14.8 Å². The van der Waals surface area contributed by atoms with Gasteiger partial charge in [-0.1, -0.05) is 11.3 Å². The summed E-state index contributed by atoms with van der Waals surface area (Å²) in [4.78, 5) is 58.6. The Morgan fingerprint density at radius 3 is 2.68 bits per heavy atom. The zero-order chi connectivity index (χ0) is 22.4. The van der Waals surface area contributed by atoms with Gasteiger partial charge in [-0.15, -0.1) is 11.3 Å². The van der Waals surface area contributed by atoms with Crippen LogP contribution in [0.2, 0.25) is 0 Å². The van der Waals surface area contributed by atoms with Gasteiger partial charge in [0.25, 0.3) is 5.91 Å². The number of anilines is 2. The van der Waals surface area contributed by atoms with E-state index in [1.54, 1.807) is 19.2 Å². The molecule has 0 saturated heterocycles. The van der Waals surface area contributed by atoms with Crippen molar-refractivity contribution in [2.24, 2.45) is 0 Å². The Morgan fingerprint density at radius 1 is 1.16 bits per heavy atom. The van der Waals surface area contributed by atoms with Gasteiger partial charge in [0.2, 0.25) is 11.5 Å². The predicted octanol–water partition coefficient (Wildman–Crippen LogP) is 2.60. The maximum absolute atomic E-state index is 12.2. The molecule has 0 aliphatic carbocycles. The average Bonchev–Trinajstić information content (AvgIpc) is 3.33. The number of carbonyl (C=O) groups excluding carboxylic acids is 3. The fraction of sp³-hybridized carbons (Fsp3) is 0.263. The van der Waals surface area contributed by atoms with Gasteiger partial charge in [0, 0.05) is 24.1 Å². The number of amides is 2. The number of thiazole rings is 2. The van der Waals surface area contributed by atoms with Gasteiger partial charge in [0.1, 0.15) is 4.88 Å². The molecule has 0 bridgehead atoms. The summed E-state index contributed by atoms with van der Waals surface area (Å²) in [6.45, 7) is 3.66. The summed E-state index contributed by atoms with van der Waals surface area (Å²) in [6, 6.07) is 2.68. The average molecular weight is 462 g/mol. The molecule has 0 spiro atoms. The molecular formula is C19H19N5O5S2. The van der Waals surface area contributed by atoms with Crippen molar-refractivity contribution in [3.63, 3.8) is 0 Å². The van der Waals surface area contributed by atoms with E-state index >= 15 is 0 Å². The van der Waals surface area contributed by atoms with E-state index in [9.17, 15) is 19.2 Å². The molecule has 12 heteroatoms. The summed E-state index contributed by atoms with van der Waals surface area (Å²) >= 11 is 2.30. The molecule has 2 amide bonds. The minimum Gasteiger partial charge on any atom is -0.462 e. The quantitative estimate of drug-likeness (QED) is 0.438. The molecule has 0 fully saturated rings. The van der Waals surface area contributed by atoms with Crippen molar-refractivity contribution >= 4 is 50.7 Å². The third-order valence-corrected chi connectivity index (χ3v) is 5.79. The minimum atomic E-state index is -0.461. The smallest absolute Gasteiger partial charge is 0.350 e. The Kier molecular flexibility index (Phi) is 7.26. The zero-order valence-corrected chi connectivity index (χ0v) is 18.3. The van der Waals surface area contributed by atoms with E-state index in [-0.39, 0.29) is 24.5 Å². The maximum atomic E-state index is 12.2. The van der Waals surface area contributed by atoms with Gasteiger partial charge < -0.3 is 15.0 Å². The molecule has 3 heterocycles. The van der Waals surface area contributed by atoms with Gasteiger partial charge in [-0.05, 0) is 26.3 Å². The number of hydrogen-bond donors (Lipinski definition) is 3. The zero-order valence-electron chi connectivity index (χ0n) is 16.7. The van der Waals surface area contributed by atoms with E-state index < -0.39 is 11.9 Å². The van der Waals surface area contributed by atoms with Crippen LogP contribution in [0.5, 0.6) is 0 Å². The summed E-state index contributed by atoms with van der Waals surface area (Å²) in [7, 11) is 0. The molecule has 0 saturated carbocycles. The Morgan fingerprint density at radius 2 is 1.97 bits per heavy atom. The highest BCUT2D eigenvalue weighted by atomic mass is 32.1. The molecule has 0 aliphatic rings. The van der Waals surface area contributed by atoms with Gasteiger partial charge in [0.15, 0.2) is 10.3 Å². The van der Waals surface area contributed by atoms with Crippen molar-refractivity contribution < 1.29 is 19.1 Å². The second-order valence-corrected chi connectivity index (χ2v) is 8.10. The van der Waals surface area contributed by atoms with Gasteiger partial charge in [-0.2, -0.15) is 0 Å². The molecule has 3 aromatic heterocycles. The predicted molar refractivity (Wildman–Crippen MR) is 117 cm³/mol. The second-order valence-electron chi connectivity index (χ2n) is 6.24. The minimum absolute atomic E-state index is 0.157. The number of ether oxygens (including phenoxy) is 1. The van der Waals surface area contributed by atoms with Crippen LogP contribution in [0.3, 0.4) is 0 Å². The Labute approximate surface area is 184 Å². The SMILES string of the molecule is CCOC(=O)c1sc(NC(=O)CCc2csc(NC(=O)c3ccc(=O)[nH]c3)n2)nc1C. The first-order valence-electron chi connectivity index (χ1n) is 9.24. The lowest BCUT2D eigenvalue weighted by Gasteiger charge is -2.01. The van der Waals surface area contributed by atoms with Crippen LogP contribution < -0.4 is 16.2 Å². The molecule has 31 heavy (non-hydrogen) atoms. The van der Waals surface area contributed by atoms with Crippen LogP contribution in [-0.2, 0) is 16.0 Å². The van der Waals surface area contributed by atoms with Crippen molar-refractivity contribution in [2.45, 2.75) is 26.7 Å². The Hall–Kier alpha value is -3.38. The van der Waals surface area contributed by atoms with Crippen molar-refractivity contribution in [1.82, 2.24) is 15.0 Å². The van der Waals surface area contributed by atoms with Crippen LogP contribution >= 0.6 is 22.7 Å². The molecule has 3 aromatic rings. The fourth-order valence-corrected chi connectivity index (χ4v) is 4.08. The number of nitrogens with zero attached hydrogens (tertiary/aromatic N) is 2. The summed E-state index contributed by atoms with van der Waals surface area (Å²) in [6.07, 6.45) is 1.85. The number of esters is 1. The lowest BCUT2D eigenvalue weighted by atomic mass is 10.2. The largest absolute Gasteiger partial charge is 0.462 e. The molecule has 0 unspecified atom stereocenters. The van der Waals surface area contributed by atoms with E-state index in [1.165, 1.54) is 29.7 Å². The summed E-state index contributed by atoms with van der Waals surface area (Å²) in [5, 5.41) is 7.80. The van der Waals surface area contributed by atoms with E-state index in [0.29, 0.717) is 38.5 Å². The third-order valence-electron chi connectivity index (χ3n) is 3.93. The molecule has 3 rings (SSSR count). The molecule has 162 valence electrons. The Bertz CT molecular complexity index is 1150. The number of pyridine rings is 1. The molecule has 10 nitrogen and oxygen atoms in total. The van der Waals surface area contributed by atoms with Crippen LogP contribution in [0.4, 0.5) is 10.3 Å². The van der Waals surface area contributed by atoms with Gasteiger partial charge >= 0.3 is 5.97 Å². The summed E-state index contributed by atoms with van der Waals surface area (Å²) in [5.41, 5.74) is 1.16. The van der Waals surface area contributed by atoms with Gasteiger partial charge in [0.05, 0.1) is 23.6 Å². The fourth-order valence-electron chi connectivity index (χ4n) is 2.46. The van der Waals surface area contributed by atoms with Crippen molar-refractivity contribution in [2.75, 3.05) is 17.2 Å². The lowest BCUT2D eigenvalue weighted by Crippen LogP contribution is -2.14. The molecule has 3 N–H and O–H groups in total. The molecular weight excluding hydrogens is 442 g/mol. The molecule has 0 radical (unpaired) electrons. The van der Waals surface area contributed by atoms with Crippen LogP contribution in [0.15, 0.2) is 28.5 Å². The normalized spacial score (nSPS) is 10.5. The van der Waals surface area contributed by atoms with E-state index in [1.807, 2.05) is 0 Å². The Balaban J connectivity index is 1.51. The number of nitrogens with one attached hydrogen (secondary N) is 3. The monoisotopic (exact) mass is 461 g/mol. The topological polar surface area (TPSA) is 143 Å². The number of H-pyrrole nitrogens is 1. The van der Waals surface area contributed by atoms with E-state index in [0.717, 1.165) is 11.3 Å². The summed E-state index contributed by atoms with van der Waals surface area (Å²) < 4.78 is 4.96. The highest BCUT2D eigenvalue weighted by Gasteiger charge is 2.17. The van der Waals surface area contributed by atoms with E-state index in [2.05, 4.69) is 25.6 Å². The second kappa shape index (κ2) is 10.1. The third kappa shape index (κ3) is 6.06. The standard InChI is InChI=1S/C19H19N5O5S2/c1-3-29-17(28)15-10(2)21-19(31-15)23-14(26)7-5-12-9-30-18(22-12)24-16(27)11-4-6-13(25)20-8-11/h4,6,8-9H,3,5,7H2,1-2H3,(H,20,25)(H,21,23,26)(H,22,24,27). The number of rotatable bonds is 8. The van der Waals surface area contributed by atoms with Crippen molar-refractivity contribution in [3.8, 4) is 0 Å². The van der Waals surface area contributed by atoms with Crippen LogP contribution in [-0.4, -0.2) is 39.3 Å². The van der Waals surface area contributed by atoms with Crippen LogP contribution in [0, 0.1) is 6.92 Å². The van der Waals surface area contributed by atoms with Crippen molar-refractivity contribution in [3.05, 3.63) is 55.9 Å². The first-order valence-corrected chi connectivity index (χ1v) is 10.9.